The molecule has 2 aromatic carbocycles. The minimum Gasteiger partial charge on any atom is -0.359 e. The van der Waals surface area contributed by atoms with Crippen molar-refractivity contribution in [1.29, 1.82) is 5.26 Å². The van der Waals surface area contributed by atoms with Gasteiger partial charge in [-0.05, 0) is 80.0 Å². The van der Waals surface area contributed by atoms with Crippen LogP contribution < -0.4 is 15.5 Å². The average molecular weight is 445 g/mol. The molecule has 2 aromatic rings. The highest BCUT2D eigenvalue weighted by Gasteiger charge is 2.13. The summed E-state index contributed by atoms with van der Waals surface area (Å²) in [5, 5.41) is 15.2. The third kappa shape index (κ3) is 7.84. The standard InChI is InChI=1S/C28H36N4O/c1-6-26-18-27(14-15-28(26)32(7-2)23(5)30-20-33)31-22(4)16-21(3)10-8-11-24-12-9-13-25(17-24)19-29/h9,12-15,17-18,20-21,31H,4-8,10-11,16H2,1-3H3,(H,30,33). The van der Waals surface area contributed by atoms with Crippen LogP contribution in [0.1, 0.15) is 56.7 Å². The van der Waals surface area contributed by atoms with Crippen LogP contribution in [-0.4, -0.2) is 13.0 Å². The molecule has 0 aromatic heterocycles. The van der Waals surface area contributed by atoms with Crippen LogP contribution in [0.2, 0.25) is 0 Å². The molecule has 0 aliphatic carbocycles. The number of allylic oxidation sites excluding steroid dienone is 1. The van der Waals surface area contributed by atoms with Crippen LogP contribution in [0.3, 0.4) is 0 Å². The normalized spacial score (nSPS) is 11.2. The first kappa shape index (κ1) is 25.7. The molecule has 1 unspecified atom stereocenters. The zero-order chi connectivity index (χ0) is 24.2. The lowest BCUT2D eigenvalue weighted by Gasteiger charge is -2.27. The van der Waals surface area contributed by atoms with E-state index in [4.69, 9.17) is 5.26 Å². The van der Waals surface area contributed by atoms with Gasteiger partial charge in [-0.1, -0.05) is 45.6 Å². The fourth-order valence-electron chi connectivity index (χ4n) is 4.09. The SMILES string of the molecule is C=C(CC(C)CCCc1cccc(C#N)c1)Nc1ccc(N(CC)C(=C)NC=O)c(CC)c1. The maximum Gasteiger partial charge on any atom is 0.212 e. The lowest BCUT2D eigenvalue weighted by molar-refractivity contribution is -0.108. The number of hydrogen-bond donors (Lipinski definition) is 2. The topological polar surface area (TPSA) is 68.2 Å². The van der Waals surface area contributed by atoms with Gasteiger partial charge in [-0.3, -0.25) is 4.79 Å². The molecule has 0 spiro atoms. The van der Waals surface area contributed by atoms with E-state index in [0.29, 0.717) is 24.7 Å². The summed E-state index contributed by atoms with van der Waals surface area (Å²) < 4.78 is 0. The fraction of sp³-hybridized carbons (Fsp3) is 0.357. The highest BCUT2D eigenvalue weighted by molar-refractivity contribution is 5.65. The number of anilines is 2. The second-order valence-corrected chi connectivity index (χ2v) is 8.39. The van der Waals surface area contributed by atoms with E-state index >= 15 is 0 Å². The van der Waals surface area contributed by atoms with Crippen molar-refractivity contribution in [2.45, 2.75) is 52.9 Å². The van der Waals surface area contributed by atoms with Gasteiger partial charge in [-0.25, -0.2) is 0 Å². The highest BCUT2D eigenvalue weighted by Crippen LogP contribution is 2.28. The molecule has 0 saturated heterocycles. The Balaban J connectivity index is 1.91. The molecule has 0 aliphatic rings. The van der Waals surface area contributed by atoms with E-state index in [2.05, 4.69) is 61.9 Å². The molecule has 0 fully saturated rings. The molecule has 1 amide bonds. The van der Waals surface area contributed by atoms with Gasteiger partial charge in [-0.15, -0.1) is 0 Å². The molecule has 2 N–H and O–H groups in total. The smallest absolute Gasteiger partial charge is 0.212 e. The summed E-state index contributed by atoms with van der Waals surface area (Å²) in [5.74, 6) is 1.09. The molecular formula is C28H36N4O. The summed E-state index contributed by atoms with van der Waals surface area (Å²) in [6.07, 6.45) is 5.60. The van der Waals surface area contributed by atoms with Gasteiger partial charge >= 0.3 is 0 Å². The van der Waals surface area contributed by atoms with Crippen molar-refractivity contribution < 1.29 is 4.79 Å². The summed E-state index contributed by atoms with van der Waals surface area (Å²) in [4.78, 5) is 12.8. The molecular weight excluding hydrogens is 408 g/mol. The number of rotatable bonds is 14. The van der Waals surface area contributed by atoms with Gasteiger partial charge in [0.2, 0.25) is 6.41 Å². The van der Waals surface area contributed by atoms with Gasteiger partial charge in [0.1, 0.15) is 5.82 Å². The molecule has 33 heavy (non-hydrogen) atoms. The monoisotopic (exact) mass is 444 g/mol. The van der Waals surface area contributed by atoms with E-state index in [0.717, 1.165) is 54.7 Å². The molecule has 0 aliphatic heterocycles. The van der Waals surface area contributed by atoms with Crippen molar-refractivity contribution in [2.24, 2.45) is 5.92 Å². The van der Waals surface area contributed by atoms with E-state index < -0.39 is 0 Å². The van der Waals surface area contributed by atoms with Crippen LogP contribution >= 0.6 is 0 Å². The van der Waals surface area contributed by atoms with Gasteiger partial charge in [0.05, 0.1) is 11.6 Å². The lowest BCUT2D eigenvalue weighted by Crippen LogP contribution is -2.30. The van der Waals surface area contributed by atoms with Crippen molar-refractivity contribution in [3.63, 3.8) is 0 Å². The van der Waals surface area contributed by atoms with Gasteiger partial charge in [0.25, 0.3) is 0 Å². The Morgan fingerprint density at radius 1 is 1.21 bits per heavy atom. The first-order valence-corrected chi connectivity index (χ1v) is 11.6. The summed E-state index contributed by atoms with van der Waals surface area (Å²) in [5.41, 5.74) is 6.19. The number of aryl methyl sites for hydroxylation is 2. The minimum absolute atomic E-state index is 0.516. The molecule has 5 nitrogen and oxygen atoms in total. The van der Waals surface area contributed by atoms with E-state index in [-0.39, 0.29) is 0 Å². The number of carbonyl (C=O) groups excluding carboxylic acids is 1. The molecule has 0 heterocycles. The van der Waals surface area contributed by atoms with Crippen LogP contribution in [0, 0.1) is 17.2 Å². The molecule has 2 rings (SSSR count). The third-order valence-corrected chi connectivity index (χ3v) is 5.75. The number of nitrogens with one attached hydrogen (secondary N) is 2. The Morgan fingerprint density at radius 3 is 2.67 bits per heavy atom. The van der Waals surface area contributed by atoms with Crippen LogP contribution in [0.5, 0.6) is 0 Å². The van der Waals surface area contributed by atoms with Crippen molar-refractivity contribution >= 4 is 17.8 Å². The fourth-order valence-corrected chi connectivity index (χ4v) is 4.09. The van der Waals surface area contributed by atoms with Crippen molar-refractivity contribution in [1.82, 2.24) is 5.32 Å². The number of nitriles is 1. The second kappa shape index (κ2) is 13.1. The van der Waals surface area contributed by atoms with Crippen LogP contribution in [0.4, 0.5) is 11.4 Å². The van der Waals surface area contributed by atoms with Crippen LogP contribution in [0.15, 0.2) is 67.1 Å². The molecule has 1 atom stereocenters. The molecule has 0 saturated carbocycles. The Bertz CT molecular complexity index is 1010. The van der Waals surface area contributed by atoms with E-state index in [9.17, 15) is 4.79 Å². The quantitative estimate of drug-likeness (QED) is 0.344. The highest BCUT2D eigenvalue weighted by atomic mass is 16.1. The summed E-state index contributed by atoms with van der Waals surface area (Å²) in [6, 6.07) is 16.3. The summed E-state index contributed by atoms with van der Waals surface area (Å²) in [6.45, 7) is 15.3. The Kier molecular flexibility index (Phi) is 10.2. The van der Waals surface area contributed by atoms with Crippen LogP contribution in [0.25, 0.3) is 0 Å². The number of benzene rings is 2. The zero-order valence-corrected chi connectivity index (χ0v) is 20.2. The van der Waals surface area contributed by atoms with Crippen molar-refractivity contribution in [3.05, 3.63) is 83.8 Å². The number of nitrogens with zero attached hydrogens (tertiary/aromatic N) is 2. The maximum atomic E-state index is 10.8. The minimum atomic E-state index is 0.516. The first-order valence-electron chi connectivity index (χ1n) is 11.6. The number of hydrogen-bond acceptors (Lipinski definition) is 4. The predicted molar refractivity (Wildman–Crippen MR) is 138 cm³/mol. The average Bonchev–Trinajstić information content (AvgIpc) is 2.80. The molecule has 174 valence electrons. The Hall–Kier alpha value is -3.52. The Labute approximate surface area is 198 Å². The summed E-state index contributed by atoms with van der Waals surface area (Å²) >= 11 is 0. The summed E-state index contributed by atoms with van der Waals surface area (Å²) in [7, 11) is 0. The number of carbonyl (C=O) groups is 1. The van der Waals surface area contributed by atoms with E-state index in [1.807, 2.05) is 36.1 Å². The third-order valence-electron chi connectivity index (χ3n) is 5.75. The number of amides is 1. The van der Waals surface area contributed by atoms with Gasteiger partial charge < -0.3 is 15.5 Å². The van der Waals surface area contributed by atoms with Gasteiger partial charge in [-0.2, -0.15) is 5.26 Å². The molecule has 0 bridgehead atoms. The first-order chi connectivity index (χ1) is 15.9. The van der Waals surface area contributed by atoms with Crippen molar-refractivity contribution in [3.8, 4) is 6.07 Å². The Morgan fingerprint density at radius 2 is 2.00 bits per heavy atom. The van der Waals surface area contributed by atoms with E-state index in [1.165, 1.54) is 11.1 Å². The maximum absolute atomic E-state index is 10.8. The predicted octanol–water partition coefficient (Wildman–Crippen LogP) is 6.14. The second-order valence-electron chi connectivity index (χ2n) is 8.39. The lowest BCUT2D eigenvalue weighted by atomic mass is 9.96. The van der Waals surface area contributed by atoms with E-state index in [1.54, 1.807) is 0 Å². The zero-order valence-electron chi connectivity index (χ0n) is 20.2. The molecule has 0 radical (unpaired) electrons. The molecule has 5 heteroatoms. The van der Waals surface area contributed by atoms with Gasteiger partial charge in [0, 0.05) is 23.6 Å². The van der Waals surface area contributed by atoms with Crippen molar-refractivity contribution in [2.75, 3.05) is 16.8 Å². The van der Waals surface area contributed by atoms with Crippen LogP contribution in [-0.2, 0) is 17.6 Å². The van der Waals surface area contributed by atoms with Gasteiger partial charge in [0.15, 0.2) is 0 Å². The largest absolute Gasteiger partial charge is 0.359 e.